The minimum Gasteiger partial charge on any atom is -0.382 e. The molecule has 0 saturated carbocycles. The molecule has 8 nitrogen and oxygen atoms in total. The van der Waals surface area contributed by atoms with Gasteiger partial charge in [-0.3, -0.25) is 9.48 Å². The number of carbonyl (C=O) groups is 1. The summed E-state index contributed by atoms with van der Waals surface area (Å²) in [4.78, 5) is 20.1. The highest BCUT2D eigenvalue weighted by Gasteiger charge is 2.47. The number of anilines is 2. The molecule has 1 fully saturated rings. The zero-order valence-corrected chi connectivity index (χ0v) is 14.3. The number of amides is 1. The van der Waals surface area contributed by atoms with Gasteiger partial charge in [0.05, 0.1) is 11.9 Å². The molecule has 9 heteroatoms. The van der Waals surface area contributed by atoms with E-state index in [1.54, 1.807) is 6.20 Å². The lowest BCUT2D eigenvalue weighted by molar-refractivity contribution is 0.0417. The second-order valence-corrected chi connectivity index (χ2v) is 6.40. The Morgan fingerprint density at radius 2 is 2.00 bits per heavy atom. The average Bonchev–Trinajstić information content (AvgIpc) is 3.09. The van der Waals surface area contributed by atoms with Crippen molar-refractivity contribution in [2.75, 3.05) is 24.1 Å². The first-order valence-corrected chi connectivity index (χ1v) is 8.43. The molecule has 1 aromatic carbocycles. The highest BCUT2D eigenvalue weighted by atomic mass is 19.1. The fourth-order valence-electron chi connectivity index (χ4n) is 3.14. The summed E-state index contributed by atoms with van der Waals surface area (Å²) in [7, 11) is 0. The van der Waals surface area contributed by atoms with Gasteiger partial charge in [0.1, 0.15) is 6.04 Å². The Balaban J connectivity index is 1.60. The summed E-state index contributed by atoms with van der Waals surface area (Å²) in [6.45, 7) is 0.481. The second-order valence-electron chi connectivity index (χ2n) is 6.40. The zero-order valence-electron chi connectivity index (χ0n) is 14.3. The van der Waals surface area contributed by atoms with Gasteiger partial charge in [0.25, 0.3) is 5.91 Å². The largest absolute Gasteiger partial charge is 0.382 e. The Hall–Kier alpha value is -3.33. The van der Waals surface area contributed by atoms with Crippen molar-refractivity contribution in [3.05, 3.63) is 66.4 Å². The number of halogens is 1. The first-order chi connectivity index (χ1) is 13.1. The Labute approximate surface area is 154 Å². The molecule has 1 amide bonds. The van der Waals surface area contributed by atoms with Gasteiger partial charge in [-0.25, -0.2) is 14.4 Å². The van der Waals surface area contributed by atoms with Crippen molar-refractivity contribution in [2.24, 2.45) is 0 Å². The van der Waals surface area contributed by atoms with Crippen molar-refractivity contribution in [3.8, 4) is 0 Å². The SMILES string of the molecule is Nc1nccnc1C(=O)Nc1cnn(C(c2ccccc2)C2(F)CNC2)c1. The average molecular weight is 367 g/mol. The monoisotopic (exact) mass is 367 g/mol. The van der Waals surface area contributed by atoms with Crippen LogP contribution in [0.4, 0.5) is 15.9 Å². The molecule has 1 aliphatic heterocycles. The van der Waals surface area contributed by atoms with E-state index >= 15 is 4.39 Å². The Morgan fingerprint density at radius 1 is 1.26 bits per heavy atom. The number of nitrogens with one attached hydrogen (secondary N) is 2. The van der Waals surface area contributed by atoms with Crippen LogP contribution < -0.4 is 16.4 Å². The van der Waals surface area contributed by atoms with Gasteiger partial charge in [-0.1, -0.05) is 30.3 Å². The van der Waals surface area contributed by atoms with Gasteiger partial charge in [-0.05, 0) is 5.56 Å². The number of aromatic nitrogens is 4. The third kappa shape index (κ3) is 3.24. The van der Waals surface area contributed by atoms with Crippen LogP contribution in [0, 0.1) is 0 Å². The van der Waals surface area contributed by atoms with Crippen molar-refractivity contribution >= 4 is 17.4 Å². The normalized spacial score (nSPS) is 16.3. The smallest absolute Gasteiger partial charge is 0.278 e. The van der Waals surface area contributed by atoms with Crippen molar-refractivity contribution in [3.63, 3.8) is 0 Å². The molecule has 1 atom stereocenters. The van der Waals surface area contributed by atoms with Crippen molar-refractivity contribution in [1.82, 2.24) is 25.1 Å². The van der Waals surface area contributed by atoms with Crippen LogP contribution in [0.1, 0.15) is 22.1 Å². The van der Waals surface area contributed by atoms with Crippen LogP contribution in [-0.4, -0.2) is 44.4 Å². The minimum absolute atomic E-state index is 0.0232. The lowest BCUT2D eigenvalue weighted by Gasteiger charge is -2.41. The lowest BCUT2D eigenvalue weighted by Crippen LogP contribution is -2.61. The van der Waals surface area contributed by atoms with Crippen LogP contribution in [0.5, 0.6) is 0 Å². The molecule has 1 saturated heterocycles. The number of hydrogen-bond acceptors (Lipinski definition) is 6. The van der Waals surface area contributed by atoms with Crippen molar-refractivity contribution in [1.29, 1.82) is 0 Å². The second kappa shape index (κ2) is 6.76. The lowest BCUT2D eigenvalue weighted by atomic mass is 9.85. The molecular formula is C18H18FN7O. The highest BCUT2D eigenvalue weighted by Crippen LogP contribution is 2.36. The quantitative estimate of drug-likeness (QED) is 0.629. The fourth-order valence-corrected chi connectivity index (χ4v) is 3.14. The zero-order chi connectivity index (χ0) is 18.9. The van der Waals surface area contributed by atoms with Gasteiger partial charge in [0, 0.05) is 31.7 Å². The summed E-state index contributed by atoms with van der Waals surface area (Å²) >= 11 is 0. The number of nitrogens with two attached hydrogens (primary N) is 1. The van der Waals surface area contributed by atoms with Gasteiger partial charge in [-0.15, -0.1) is 0 Å². The van der Waals surface area contributed by atoms with E-state index in [0.29, 0.717) is 5.69 Å². The molecule has 0 spiro atoms. The predicted octanol–water partition coefficient (Wildman–Crippen LogP) is 1.41. The number of rotatable bonds is 5. The molecule has 4 N–H and O–H groups in total. The van der Waals surface area contributed by atoms with Gasteiger partial charge >= 0.3 is 0 Å². The van der Waals surface area contributed by atoms with Crippen LogP contribution in [0.15, 0.2) is 55.1 Å². The van der Waals surface area contributed by atoms with E-state index in [4.69, 9.17) is 5.73 Å². The van der Waals surface area contributed by atoms with Crippen LogP contribution in [0.2, 0.25) is 0 Å². The van der Waals surface area contributed by atoms with E-state index in [-0.39, 0.29) is 24.6 Å². The summed E-state index contributed by atoms with van der Waals surface area (Å²) in [6.07, 6.45) is 5.86. The maximum Gasteiger partial charge on any atom is 0.278 e. The third-order valence-electron chi connectivity index (χ3n) is 4.51. The summed E-state index contributed by atoms with van der Waals surface area (Å²) in [6, 6.07) is 8.73. The number of benzene rings is 1. The minimum atomic E-state index is -1.45. The molecule has 138 valence electrons. The number of nitrogen functional groups attached to an aromatic ring is 1. The standard InChI is InChI=1S/C18H18FN7O/c19-18(10-21-11-18)15(12-4-2-1-3-5-12)26-9-13(8-24-26)25-17(27)14-16(20)23-7-6-22-14/h1-9,15,21H,10-11H2,(H2,20,23)(H,25,27). The molecule has 1 unspecified atom stereocenters. The van der Waals surface area contributed by atoms with Crippen LogP contribution in [0.25, 0.3) is 0 Å². The molecule has 1 aliphatic rings. The predicted molar refractivity (Wildman–Crippen MR) is 97.9 cm³/mol. The molecule has 2 aromatic heterocycles. The number of carbonyl (C=O) groups excluding carboxylic acids is 1. The summed E-state index contributed by atoms with van der Waals surface area (Å²) in [5.74, 6) is -0.468. The van der Waals surface area contributed by atoms with E-state index < -0.39 is 17.6 Å². The van der Waals surface area contributed by atoms with Crippen molar-refractivity contribution < 1.29 is 9.18 Å². The van der Waals surface area contributed by atoms with E-state index in [0.717, 1.165) is 5.56 Å². The van der Waals surface area contributed by atoms with E-state index in [9.17, 15) is 4.79 Å². The molecule has 3 aromatic rings. The summed E-state index contributed by atoms with van der Waals surface area (Å²) in [5.41, 5.74) is 5.47. The molecule has 4 rings (SSSR count). The van der Waals surface area contributed by atoms with Gasteiger partial charge in [0.2, 0.25) is 0 Å². The number of nitrogens with zero attached hydrogens (tertiary/aromatic N) is 4. The molecule has 3 heterocycles. The Kier molecular flexibility index (Phi) is 4.28. The third-order valence-corrected chi connectivity index (χ3v) is 4.51. The maximum atomic E-state index is 15.3. The number of alkyl halides is 1. The summed E-state index contributed by atoms with van der Waals surface area (Å²) in [5, 5.41) is 9.92. The van der Waals surface area contributed by atoms with Crippen LogP contribution in [0.3, 0.4) is 0 Å². The Bertz CT molecular complexity index is 955. The van der Waals surface area contributed by atoms with Crippen LogP contribution in [-0.2, 0) is 0 Å². The maximum absolute atomic E-state index is 15.3. The fraction of sp³-hybridized carbons (Fsp3) is 0.222. The number of hydrogen-bond donors (Lipinski definition) is 3. The summed E-state index contributed by atoms with van der Waals surface area (Å²) < 4.78 is 16.8. The topological polar surface area (TPSA) is 111 Å². The van der Waals surface area contributed by atoms with Crippen molar-refractivity contribution in [2.45, 2.75) is 11.7 Å². The molecule has 0 radical (unpaired) electrons. The highest BCUT2D eigenvalue weighted by molar-refractivity contribution is 6.05. The van der Waals surface area contributed by atoms with Gasteiger partial charge in [-0.2, -0.15) is 5.10 Å². The van der Waals surface area contributed by atoms with Crippen LogP contribution >= 0.6 is 0 Å². The van der Waals surface area contributed by atoms with Gasteiger partial charge < -0.3 is 16.4 Å². The van der Waals surface area contributed by atoms with E-state index in [2.05, 4.69) is 25.7 Å². The molecular weight excluding hydrogens is 349 g/mol. The van der Waals surface area contributed by atoms with E-state index in [1.165, 1.54) is 23.3 Å². The first-order valence-electron chi connectivity index (χ1n) is 8.43. The first kappa shape index (κ1) is 17.1. The Morgan fingerprint density at radius 3 is 2.67 bits per heavy atom. The van der Waals surface area contributed by atoms with E-state index in [1.807, 2.05) is 30.3 Å². The van der Waals surface area contributed by atoms with Gasteiger partial charge in [0.15, 0.2) is 17.2 Å². The molecule has 0 aliphatic carbocycles. The molecule has 27 heavy (non-hydrogen) atoms. The molecule has 0 bridgehead atoms.